The molecular formula is C21H31N3O4. The van der Waals surface area contributed by atoms with Crippen molar-refractivity contribution in [2.45, 2.75) is 45.6 Å². The third-order valence-corrected chi connectivity index (χ3v) is 4.47. The van der Waals surface area contributed by atoms with Gasteiger partial charge in [-0.3, -0.25) is 4.79 Å². The van der Waals surface area contributed by atoms with E-state index in [1.165, 1.54) is 0 Å². The molecule has 0 spiro atoms. The van der Waals surface area contributed by atoms with Gasteiger partial charge in [0, 0.05) is 35.6 Å². The van der Waals surface area contributed by atoms with Gasteiger partial charge in [0.25, 0.3) is 0 Å². The third-order valence-electron chi connectivity index (χ3n) is 4.47. The number of fused-ring (bicyclic) bond motifs is 1. The highest BCUT2D eigenvalue weighted by atomic mass is 16.5. The van der Waals surface area contributed by atoms with Crippen LogP contribution < -0.4 is 10.1 Å². The molecule has 0 saturated heterocycles. The molecule has 2 rings (SSSR count). The maximum absolute atomic E-state index is 12.4. The summed E-state index contributed by atoms with van der Waals surface area (Å²) in [6.45, 7) is 6.66. The minimum Gasteiger partial charge on any atom is -0.450 e. The zero-order chi connectivity index (χ0) is 20.7. The Labute approximate surface area is 166 Å². The van der Waals surface area contributed by atoms with Crippen LogP contribution in [0.4, 0.5) is 4.79 Å². The molecule has 0 fully saturated rings. The first-order chi connectivity index (χ1) is 13.2. The Hall–Kier alpha value is -2.54. The number of H-pyrrole nitrogens is 1. The summed E-state index contributed by atoms with van der Waals surface area (Å²) in [5.41, 5.74) is 1.50. The summed E-state index contributed by atoms with van der Waals surface area (Å²) in [6, 6.07) is 5.65. The van der Waals surface area contributed by atoms with Gasteiger partial charge in [-0.05, 0) is 65.4 Å². The van der Waals surface area contributed by atoms with Crippen molar-refractivity contribution in [2.75, 3.05) is 27.2 Å². The minimum absolute atomic E-state index is 0.188. The first-order valence-corrected chi connectivity index (χ1v) is 9.61. The highest BCUT2D eigenvalue weighted by Crippen LogP contribution is 2.29. The molecule has 0 aliphatic heterocycles. The van der Waals surface area contributed by atoms with Gasteiger partial charge in [-0.15, -0.1) is 0 Å². The average molecular weight is 389 g/mol. The van der Waals surface area contributed by atoms with E-state index in [4.69, 9.17) is 9.47 Å². The summed E-state index contributed by atoms with van der Waals surface area (Å²) >= 11 is 0. The number of amides is 1. The normalized spacial score (nSPS) is 11.6. The van der Waals surface area contributed by atoms with Crippen LogP contribution in [0.3, 0.4) is 0 Å². The fourth-order valence-electron chi connectivity index (χ4n) is 2.94. The fourth-order valence-corrected chi connectivity index (χ4v) is 2.94. The van der Waals surface area contributed by atoms with Crippen LogP contribution in [0, 0.1) is 0 Å². The van der Waals surface area contributed by atoms with Gasteiger partial charge in [0.1, 0.15) is 5.75 Å². The number of esters is 1. The van der Waals surface area contributed by atoms with Crippen molar-refractivity contribution in [1.29, 1.82) is 0 Å². The quantitative estimate of drug-likeness (QED) is 0.507. The van der Waals surface area contributed by atoms with Gasteiger partial charge in [0.2, 0.25) is 0 Å². The smallest absolute Gasteiger partial charge is 0.407 e. The molecule has 2 N–H and O–H groups in total. The van der Waals surface area contributed by atoms with E-state index in [1.54, 1.807) is 6.92 Å². The van der Waals surface area contributed by atoms with Gasteiger partial charge in [-0.2, -0.15) is 0 Å². The van der Waals surface area contributed by atoms with E-state index >= 15 is 0 Å². The Morgan fingerprint density at radius 2 is 2.00 bits per heavy atom. The molecule has 0 radical (unpaired) electrons. The maximum Gasteiger partial charge on any atom is 0.407 e. The number of carbonyl (C=O) groups is 2. The Bertz CT molecular complexity index is 811. The first-order valence-electron chi connectivity index (χ1n) is 9.61. The molecule has 1 aromatic carbocycles. The lowest BCUT2D eigenvalue weighted by Crippen LogP contribution is -2.44. The van der Waals surface area contributed by atoms with Crippen LogP contribution in [0.5, 0.6) is 5.75 Å². The lowest BCUT2D eigenvalue weighted by Gasteiger charge is -2.25. The predicted octanol–water partition coefficient (Wildman–Crippen LogP) is 3.48. The number of hydrogen-bond acceptors (Lipinski definition) is 5. The van der Waals surface area contributed by atoms with E-state index in [9.17, 15) is 9.59 Å². The fraction of sp³-hybridized carbons (Fsp3) is 0.524. The zero-order valence-corrected chi connectivity index (χ0v) is 17.4. The number of aromatic nitrogens is 1. The molecule has 2 aromatic rings. The topological polar surface area (TPSA) is 83.7 Å². The van der Waals surface area contributed by atoms with Crippen LogP contribution in [0.1, 0.15) is 39.2 Å². The standard InChI is InChI=1S/C21H31N3O4/c1-6-27-20(26)23-21(2,3)12-10-18(25)28-17-9-7-8-16-19(17)15(14-22-16)11-13-24(4)5/h7-9,14,22H,6,10-13H2,1-5H3,(H,23,26). The van der Waals surface area contributed by atoms with E-state index in [-0.39, 0.29) is 12.4 Å². The molecule has 0 atom stereocenters. The molecular weight excluding hydrogens is 358 g/mol. The molecule has 0 aliphatic rings. The summed E-state index contributed by atoms with van der Waals surface area (Å²) in [6.07, 6.45) is 2.98. The minimum atomic E-state index is -0.567. The number of aromatic amines is 1. The highest BCUT2D eigenvalue weighted by Gasteiger charge is 2.23. The molecule has 1 amide bonds. The third kappa shape index (κ3) is 6.27. The van der Waals surface area contributed by atoms with Crippen LogP contribution in [0.15, 0.2) is 24.4 Å². The molecule has 154 valence electrons. The number of benzene rings is 1. The van der Waals surface area contributed by atoms with E-state index in [0.29, 0.717) is 18.8 Å². The van der Waals surface area contributed by atoms with E-state index in [1.807, 2.05) is 52.3 Å². The van der Waals surface area contributed by atoms with Gasteiger partial charge in [0.15, 0.2) is 0 Å². The van der Waals surface area contributed by atoms with Crippen LogP contribution >= 0.6 is 0 Å². The Balaban J connectivity index is 2.02. The van der Waals surface area contributed by atoms with Crippen molar-refractivity contribution in [1.82, 2.24) is 15.2 Å². The number of ether oxygens (including phenoxy) is 2. The summed E-state index contributed by atoms with van der Waals surface area (Å²) in [4.78, 5) is 29.4. The Morgan fingerprint density at radius 3 is 2.68 bits per heavy atom. The molecule has 28 heavy (non-hydrogen) atoms. The number of rotatable bonds is 9. The van der Waals surface area contributed by atoms with Crippen molar-refractivity contribution in [3.8, 4) is 5.75 Å². The Morgan fingerprint density at radius 1 is 1.25 bits per heavy atom. The van der Waals surface area contributed by atoms with Crippen LogP contribution in [0.25, 0.3) is 10.9 Å². The van der Waals surface area contributed by atoms with Gasteiger partial charge in [-0.1, -0.05) is 6.07 Å². The molecule has 0 saturated carbocycles. The lowest BCUT2D eigenvalue weighted by molar-refractivity contribution is -0.134. The average Bonchev–Trinajstić information content (AvgIpc) is 3.02. The van der Waals surface area contributed by atoms with Crippen molar-refractivity contribution in [3.63, 3.8) is 0 Å². The molecule has 1 heterocycles. The summed E-state index contributed by atoms with van der Waals surface area (Å²) in [5.74, 6) is 0.236. The second-order valence-electron chi connectivity index (χ2n) is 7.75. The largest absolute Gasteiger partial charge is 0.450 e. The molecule has 0 unspecified atom stereocenters. The monoisotopic (exact) mass is 389 g/mol. The SMILES string of the molecule is CCOC(=O)NC(C)(C)CCC(=O)Oc1cccc2[nH]cc(CCN(C)C)c12. The summed E-state index contributed by atoms with van der Waals surface area (Å²) in [7, 11) is 4.06. The number of carbonyl (C=O) groups excluding carboxylic acids is 2. The molecule has 0 bridgehead atoms. The number of likely N-dealkylation sites (N-methyl/N-ethyl adjacent to an activating group) is 1. The van der Waals surface area contributed by atoms with Crippen LogP contribution in [-0.4, -0.2) is 54.7 Å². The van der Waals surface area contributed by atoms with Crippen molar-refractivity contribution >= 4 is 23.0 Å². The summed E-state index contributed by atoms with van der Waals surface area (Å²) < 4.78 is 10.6. The van der Waals surface area contributed by atoms with Gasteiger partial charge >= 0.3 is 12.1 Å². The number of nitrogens with zero attached hydrogens (tertiary/aromatic N) is 1. The lowest BCUT2D eigenvalue weighted by atomic mass is 9.99. The number of hydrogen-bond donors (Lipinski definition) is 2. The van der Waals surface area contributed by atoms with Crippen molar-refractivity contribution < 1.29 is 19.1 Å². The summed E-state index contributed by atoms with van der Waals surface area (Å²) in [5, 5.41) is 3.71. The van der Waals surface area contributed by atoms with Crippen LogP contribution in [-0.2, 0) is 16.0 Å². The van der Waals surface area contributed by atoms with E-state index < -0.39 is 11.6 Å². The van der Waals surface area contributed by atoms with Crippen molar-refractivity contribution in [2.24, 2.45) is 0 Å². The van der Waals surface area contributed by atoms with Gasteiger partial charge < -0.3 is 24.7 Å². The predicted molar refractivity (Wildman–Crippen MR) is 110 cm³/mol. The van der Waals surface area contributed by atoms with Gasteiger partial charge in [0.05, 0.1) is 6.61 Å². The maximum atomic E-state index is 12.4. The zero-order valence-electron chi connectivity index (χ0n) is 17.4. The van der Waals surface area contributed by atoms with Gasteiger partial charge in [-0.25, -0.2) is 4.79 Å². The molecule has 1 aromatic heterocycles. The first kappa shape index (κ1) is 21.8. The second-order valence-corrected chi connectivity index (χ2v) is 7.75. The molecule has 0 aliphatic carbocycles. The van der Waals surface area contributed by atoms with Crippen molar-refractivity contribution in [3.05, 3.63) is 30.0 Å². The van der Waals surface area contributed by atoms with Crippen LogP contribution in [0.2, 0.25) is 0 Å². The highest BCUT2D eigenvalue weighted by molar-refractivity contribution is 5.91. The molecule has 7 nitrogen and oxygen atoms in total. The van der Waals surface area contributed by atoms with E-state index in [2.05, 4.69) is 15.2 Å². The number of nitrogens with one attached hydrogen (secondary N) is 2. The molecule has 7 heteroatoms. The second kappa shape index (κ2) is 9.59. The Kier molecular flexibility index (Phi) is 7.45. The number of alkyl carbamates (subject to hydrolysis) is 1. The van der Waals surface area contributed by atoms with E-state index in [0.717, 1.165) is 29.4 Å².